The van der Waals surface area contributed by atoms with Gasteiger partial charge in [-0.15, -0.1) is 0 Å². The number of aliphatic hydroxyl groups is 2. The first-order valence-corrected chi connectivity index (χ1v) is 16.3. The third-order valence-corrected chi connectivity index (χ3v) is 9.60. The van der Waals surface area contributed by atoms with Crippen LogP contribution in [0.1, 0.15) is 65.7 Å². The number of carboxylic acid groups (broad SMARTS) is 2. The molecule has 0 radical (unpaired) electrons. The summed E-state index contributed by atoms with van der Waals surface area (Å²) in [4.78, 5) is 55.8. The van der Waals surface area contributed by atoms with Gasteiger partial charge in [-0.2, -0.15) is 0 Å². The minimum absolute atomic E-state index is 0.0226. The summed E-state index contributed by atoms with van der Waals surface area (Å²) in [5.41, 5.74) is 0.251. The fraction of sp³-hybridized carbons (Fsp3) is 0.515. The lowest BCUT2D eigenvalue weighted by Crippen LogP contribution is -2.50. The van der Waals surface area contributed by atoms with Crippen molar-refractivity contribution in [2.45, 2.75) is 69.5 Å². The van der Waals surface area contributed by atoms with Gasteiger partial charge in [0.25, 0.3) is 11.8 Å². The fourth-order valence-corrected chi connectivity index (χ4v) is 7.21. The molecule has 2 aromatic rings. The maximum absolute atomic E-state index is 13.3. The molecule has 0 aliphatic carbocycles. The lowest BCUT2D eigenvalue weighted by molar-refractivity contribution is 0.0510. The molecule has 6 rings (SSSR count). The Morgan fingerprint density at radius 1 is 0.673 bits per heavy atom. The number of ether oxygens (including phenoxy) is 4. The average Bonchev–Trinajstić information content (AvgIpc) is 3.75. The van der Waals surface area contributed by atoms with Crippen molar-refractivity contribution < 1.29 is 58.6 Å². The summed E-state index contributed by atoms with van der Waals surface area (Å²) >= 11 is 0. The molecule has 0 spiro atoms. The Hall–Kier alpha value is -4.96. The van der Waals surface area contributed by atoms with Crippen LogP contribution in [0.15, 0.2) is 24.3 Å². The molecule has 16 nitrogen and oxygen atoms in total. The minimum atomic E-state index is -1.43. The van der Waals surface area contributed by atoms with Gasteiger partial charge in [0, 0.05) is 25.2 Å². The first kappa shape index (κ1) is 33.9. The maximum Gasteiger partial charge on any atom is 0.414 e. The van der Waals surface area contributed by atoms with Crippen molar-refractivity contribution in [2.75, 3.05) is 50.3 Å². The normalized spacial score (nSPS) is 22.9. The Labute approximate surface area is 281 Å². The molecule has 0 bridgehead atoms. The first-order valence-electron chi connectivity index (χ1n) is 16.3. The van der Waals surface area contributed by atoms with Crippen molar-refractivity contribution in [1.82, 2.24) is 9.80 Å². The zero-order valence-corrected chi connectivity index (χ0v) is 27.2. The number of hydrogen-bond donors (Lipinski definition) is 4. The highest BCUT2D eigenvalue weighted by Gasteiger charge is 2.46. The topological polar surface area (TPSA) is 199 Å². The lowest BCUT2D eigenvalue weighted by atomic mass is 10.1. The van der Waals surface area contributed by atoms with Crippen LogP contribution in [0.5, 0.6) is 23.0 Å². The number of rotatable bonds is 10. The second kappa shape index (κ2) is 13.9. The number of carbonyl (C=O) groups is 4. The van der Waals surface area contributed by atoms with Crippen LogP contribution in [0, 0.1) is 0 Å². The summed E-state index contributed by atoms with van der Waals surface area (Å²) in [6, 6.07) is 4.40. The molecule has 4 N–H and O–H groups in total. The number of amides is 4. The molecule has 2 saturated heterocycles. The zero-order valence-electron chi connectivity index (χ0n) is 27.2. The van der Waals surface area contributed by atoms with Crippen molar-refractivity contribution >= 4 is 35.4 Å². The van der Waals surface area contributed by atoms with E-state index < -0.39 is 36.7 Å². The number of benzene rings is 2. The van der Waals surface area contributed by atoms with Crippen LogP contribution in [0.3, 0.4) is 0 Å². The highest BCUT2D eigenvalue weighted by molar-refractivity contribution is 6.06. The van der Waals surface area contributed by atoms with E-state index in [-0.39, 0.29) is 70.5 Å². The molecule has 4 aliphatic rings. The van der Waals surface area contributed by atoms with Crippen LogP contribution >= 0.6 is 0 Å². The first-order chi connectivity index (χ1) is 23.6. The summed E-state index contributed by atoms with van der Waals surface area (Å²) < 4.78 is 22.9. The Kier molecular flexibility index (Phi) is 9.61. The molecule has 0 aromatic heterocycles. The number of carbonyl (C=O) groups excluding carboxylic acids is 2. The quantitative estimate of drug-likeness (QED) is 0.267. The summed E-state index contributed by atoms with van der Waals surface area (Å²) in [5.74, 6) is 0.191. The fourth-order valence-electron chi connectivity index (χ4n) is 7.21. The van der Waals surface area contributed by atoms with Gasteiger partial charge in [-0.25, -0.2) is 19.4 Å². The van der Waals surface area contributed by atoms with E-state index in [9.17, 15) is 39.6 Å². The van der Waals surface area contributed by atoms with E-state index in [1.165, 1.54) is 48.3 Å². The highest BCUT2D eigenvalue weighted by Crippen LogP contribution is 2.43. The summed E-state index contributed by atoms with van der Waals surface area (Å²) in [7, 11) is 2.84. The van der Waals surface area contributed by atoms with Gasteiger partial charge >= 0.3 is 12.2 Å². The molecule has 0 saturated carbocycles. The van der Waals surface area contributed by atoms with Gasteiger partial charge in [0.15, 0.2) is 35.5 Å². The molecule has 4 heterocycles. The third kappa shape index (κ3) is 6.10. The van der Waals surface area contributed by atoms with Crippen molar-refractivity contribution in [3.63, 3.8) is 0 Å². The highest BCUT2D eigenvalue weighted by atomic mass is 16.5. The number of fused-ring (bicyclic) bond motifs is 4. The lowest BCUT2D eigenvalue weighted by Gasteiger charge is -2.30. The monoisotopic (exact) mass is 684 g/mol. The van der Waals surface area contributed by atoms with Crippen LogP contribution in [0.25, 0.3) is 0 Å². The second-order valence-electron chi connectivity index (χ2n) is 12.3. The summed E-state index contributed by atoms with van der Waals surface area (Å²) in [6.07, 6.45) is -1.58. The van der Waals surface area contributed by atoms with Crippen molar-refractivity contribution in [3.8, 4) is 23.0 Å². The molecule has 4 aliphatic heterocycles. The summed E-state index contributed by atoms with van der Waals surface area (Å²) in [6.45, 7) is 1.28. The summed E-state index contributed by atoms with van der Waals surface area (Å²) in [5, 5.41) is 41.8. The predicted molar refractivity (Wildman–Crippen MR) is 172 cm³/mol. The number of methoxy groups -OCH3 is 2. The van der Waals surface area contributed by atoms with E-state index in [0.717, 1.165) is 9.80 Å². The van der Waals surface area contributed by atoms with Crippen molar-refractivity contribution in [3.05, 3.63) is 35.4 Å². The number of nitrogens with zero attached hydrogens (tertiary/aromatic N) is 4. The molecule has 2 fully saturated rings. The van der Waals surface area contributed by atoms with Gasteiger partial charge in [0.05, 0.1) is 62.0 Å². The third-order valence-electron chi connectivity index (χ3n) is 9.60. The van der Waals surface area contributed by atoms with Gasteiger partial charge in [-0.3, -0.25) is 9.59 Å². The predicted octanol–water partition coefficient (Wildman–Crippen LogP) is 3.17. The molecule has 2 aromatic carbocycles. The van der Waals surface area contributed by atoms with Gasteiger partial charge in [0.1, 0.15) is 0 Å². The van der Waals surface area contributed by atoms with Crippen LogP contribution in [-0.2, 0) is 0 Å². The van der Waals surface area contributed by atoms with E-state index in [1.54, 1.807) is 0 Å². The molecule has 264 valence electrons. The van der Waals surface area contributed by atoms with Crippen LogP contribution in [-0.4, -0.2) is 119 Å². The van der Waals surface area contributed by atoms with E-state index in [2.05, 4.69) is 0 Å². The van der Waals surface area contributed by atoms with Crippen molar-refractivity contribution in [1.29, 1.82) is 0 Å². The molecular weight excluding hydrogens is 644 g/mol. The molecule has 4 unspecified atom stereocenters. The van der Waals surface area contributed by atoms with Gasteiger partial charge in [0.2, 0.25) is 0 Å². The van der Waals surface area contributed by atoms with E-state index in [0.29, 0.717) is 58.0 Å². The average molecular weight is 685 g/mol. The largest absolute Gasteiger partial charge is 0.493 e. The molecule has 49 heavy (non-hydrogen) atoms. The smallest absolute Gasteiger partial charge is 0.414 e. The number of unbranched alkanes of at least 4 members (excludes halogenated alkanes) is 2. The molecule has 16 heteroatoms. The van der Waals surface area contributed by atoms with E-state index >= 15 is 0 Å². The number of anilines is 2. The number of hydrogen-bond acceptors (Lipinski definition) is 10. The standard InChI is InChI=1S/C33H40N4O12/c1-46-24-14-18-22(36(32(42)43)30(40)20-8-6-10-34(20)28(18)38)16-26(24)48-12-4-3-5-13-49-27-17-23-19(15-25(27)47-2)29(39)35-11-7-9-21(35)31(41)37(23)33(44)45/h14-17,20-21,30-31,40-41H,3-13H2,1-2H3,(H,42,43)(H,44,45). The maximum atomic E-state index is 13.3. The van der Waals surface area contributed by atoms with Gasteiger partial charge in [-0.05, 0) is 57.1 Å². The Bertz CT molecular complexity index is 1520. The second-order valence-corrected chi connectivity index (χ2v) is 12.3. The molecule has 4 amide bonds. The van der Waals surface area contributed by atoms with Crippen LogP contribution < -0.4 is 28.7 Å². The zero-order chi connectivity index (χ0) is 35.0. The molecular formula is C33H40N4O12. The SMILES string of the molecule is COc1cc2c(cc1OCCCCCOc1cc3c(cc1OC)C(=O)N1CCCC1C(O)N3C(=O)O)N(C(=O)O)C(O)C1CCCN1C2=O. The minimum Gasteiger partial charge on any atom is -0.493 e. The van der Waals surface area contributed by atoms with Crippen molar-refractivity contribution in [2.24, 2.45) is 0 Å². The van der Waals surface area contributed by atoms with E-state index in [1.807, 2.05) is 0 Å². The van der Waals surface area contributed by atoms with Gasteiger partial charge < -0.3 is 49.2 Å². The Morgan fingerprint density at radius 3 is 1.45 bits per heavy atom. The Morgan fingerprint density at radius 2 is 1.08 bits per heavy atom. The Balaban J connectivity index is 1.10. The molecule has 4 atom stereocenters. The van der Waals surface area contributed by atoms with Gasteiger partial charge in [-0.1, -0.05) is 0 Å². The van der Waals surface area contributed by atoms with E-state index in [4.69, 9.17) is 18.9 Å². The van der Waals surface area contributed by atoms with Crippen LogP contribution in [0.4, 0.5) is 21.0 Å². The number of aliphatic hydroxyl groups excluding tert-OH is 2. The van der Waals surface area contributed by atoms with Crippen LogP contribution in [0.2, 0.25) is 0 Å².